The number of nitrogens with two attached hydrogens (primary N) is 1. The Kier molecular flexibility index (Phi) is 5.41. The zero-order chi connectivity index (χ0) is 14.4. The van der Waals surface area contributed by atoms with Crippen LogP contribution >= 0.6 is 0 Å². The molecule has 110 valence electrons. The van der Waals surface area contributed by atoms with E-state index >= 15 is 0 Å². The van der Waals surface area contributed by atoms with E-state index < -0.39 is 0 Å². The van der Waals surface area contributed by atoms with Crippen molar-refractivity contribution < 1.29 is 9.53 Å². The Morgan fingerprint density at radius 2 is 2.20 bits per heavy atom. The van der Waals surface area contributed by atoms with Crippen LogP contribution in [0.2, 0.25) is 0 Å². The van der Waals surface area contributed by atoms with Crippen LogP contribution in [-0.4, -0.2) is 37.0 Å². The van der Waals surface area contributed by atoms with Crippen molar-refractivity contribution in [1.29, 1.82) is 0 Å². The highest BCUT2D eigenvalue weighted by molar-refractivity contribution is 5.79. The summed E-state index contributed by atoms with van der Waals surface area (Å²) in [5.41, 5.74) is 6.68. The fourth-order valence-corrected chi connectivity index (χ4v) is 2.63. The van der Waals surface area contributed by atoms with E-state index in [1.165, 1.54) is 0 Å². The highest BCUT2D eigenvalue weighted by Gasteiger charge is 2.28. The molecule has 1 unspecified atom stereocenters. The summed E-state index contributed by atoms with van der Waals surface area (Å²) < 4.78 is 5.72. The number of ether oxygens (including phenoxy) is 1. The lowest BCUT2D eigenvalue weighted by molar-refractivity contribution is -0.137. The van der Waals surface area contributed by atoms with E-state index in [0.717, 1.165) is 43.7 Å². The van der Waals surface area contributed by atoms with Crippen LogP contribution < -0.4 is 10.5 Å². The van der Waals surface area contributed by atoms with Crippen LogP contribution in [0.3, 0.4) is 0 Å². The van der Waals surface area contributed by atoms with Crippen molar-refractivity contribution in [3.8, 4) is 5.75 Å². The smallest absolute Gasteiger partial charge is 0.229 e. The van der Waals surface area contributed by atoms with Crippen molar-refractivity contribution in [2.24, 2.45) is 11.7 Å². The summed E-state index contributed by atoms with van der Waals surface area (Å²) in [5.74, 6) is 1.06. The number of nitrogens with zero attached hydrogens (tertiary/aromatic N) is 1. The molecule has 1 atom stereocenters. The van der Waals surface area contributed by atoms with Gasteiger partial charge in [0.05, 0.1) is 5.92 Å². The Balaban J connectivity index is 2.01. The van der Waals surface area contributed by atoms with E-state index in [-0.39, 0.29) is 11.8 Å². The van der Waals surface area contributed by atoms with Gasteiger partial charge in [-0.05, 0) is 37.4 Å². The van der Waals surface area contributed by atoms with Crippen molar-refractivity contribution in [3.05, 3.63) is 29.8 Å². The fourth-order valence-electron chi connectivity index (χ4n) is 2.63. The van der Waals surface area contributed by atoms with Gasteiger partial charge >= 0.3 is 0 Å². The maximum atomic E-state index is 12.6. The van der Waals surface area contributed by atoms with Gasteiger partial charge in [-0.25, -0.2) is 0 Å². The second-order valence-electron chi connectivity index (χ2n) is 5.29. The third-order valence-corrected chi connectivity index (χ3v) is 3.67. The summed E-state index contributed by atoms with van der Waals surface area (Å²) in [7, 11) is 0. The Labute approximate surface area is 120 Å². The average molecular weight is 276 g/mol. The normalized spacial score (nSPS) is 17.2. The van der Waals surface area contributed by atoms with Crippen LogP contribution in [-0.2, 0) is 11.2 Å². The number of rotatable bonds is 6. The first kappa shape index (κ1) is 14.9. The third kappa shape index (κ3) is 3.51. The molecule has 0 aromatic heterocycles. The molecule has 4 heteroatoms. The SMILES string of the molecule is CCCN(CCCN)C(=O)C1COc2ccccc2C1. The van der Waals surface area contributed by atoms with Crippen molar-refractivity contribution in [1.82, 2.24) is 4.90 Å². The van der Waals surface area contributed by atoms with Gasteiger partial charge in [0.2, 0.25) is 5.91 Å². The van der Waals surface area contributed by atoms with Crippen LogP contribution in [0.4, 0.5) is 0 Å². The predicted octanol–water partition coefficient (Wildman–Crippen LogP) is 1.83. The summed E-state index contributed by atoms with van der Waals surface area (Å²) in [6.45, 7) is 4.75. The lowest BCUT2D eigenvalue weighted by Gasteiger charge is -2.30. The summed E-state index contributed by atoms with van der Waals surface area (Å²) in [5, 5.41) is 0. The topological polar surface area (TPSA) is 55.6 Å². The molecule has 0 fully saturated rings. The molecule has 20 heavy (non-hydrogen) atoms. The summed E-state index contributed by atoms with van der Waals surface area (Å²) in [6.07, 6.45) is 2.61. The van der Waals surface area contributed by atoms with Crippen molar-refractivity contribution in [2.45, 2.75) is 26.2 Å². The zero-order valence-corrected chi connectivity index (χ0v) is 12.2. The molecule has 1 aliphatic rings. The van der Waals surface area contributed by atoms with Gasteiger partial charge < -0.3 is 15.4 Å². The molecule has 0 radical (unpaired) electrons. The molecule has 2 N–H and O–H groups in total. The van der Waals surface area contributed by atoms with Gasteiger partial charge in [-0.3, -0.25) is 4.79 Å². The molecule has 0 saturated heterocycles. The first-order valence-corrected chi connectivity index (χ1v) is 7.45. The lowest BCUT2D eigenvalue weighted by atomic mass is 9.95. The lowest BCUT2D eigenvalue weighted by Crippen LogP contribution is -2.42. The molecule has 0 saturated carbocycles. The van der Waals surface area contributed by atoms with E-state index in [2.05, 4.69) is 6.92 Å². The summed E-state index contributed by atoms with van der Waals surface area (Å²) >= 11 is 0. The molecule has 4 nitrogen and oxygen atoms in total. The molecular formula is C16H24N2O2. The summed E-state index contributed by atoms with van der Waals surface area (Å²) in [6, 6.07) is 7.96. The first-order valence-electron chi connectivity index (χ1n) is 7.45. The number of hydrogen-bond acceptors (Lipinski definition) is 3. The van der Waals surface area contributed by atoms with Crippen LogP contribution in [0.25, 0.3) is 0 Å². The molecule has 2 rings (SSSR count). The molecule has 1 heterocycles. The van der Waals surface area contributed by atoms with Crippen molar-refractivity contribution >= 4 is 5.91 Å². The second-order valence-corrected chi connectivity index (χ2v) is 5.29. The number of amides is 1. The van der Waals surface area contributed by atoms with Crippen molar-refractivity contribution in [2.75, 3.05) is 26.2 Å². The van der Waals surface area contributed by atoms with Gasteiger partial charge in [-0.15, -0.1) is 0 Å². The number of carbonyl (C=O) groups excluding carboxylic acids is 1. The van der Waals surface area contributed by atoms with Gasteiger partial charge in [0, 0.05) is 13.1 Å². The standard InChI is InChI=1S/C16H24N2O2/c1-2-9-18(10-5-8-17)16(19)14-11-13-6-3-4-7-15(13)20-12-14/h3-4,6-7,14H,2,5,8-12,17H2,1H3. The molecule has 1 amide bonds. The number of hydrogen-bond donors (Lipinski definition) is 1. The quantitative estimate of drug-likeness (QED) is 0.862. The highest BCUT2D eigenvalue weighted by Crippen LogP contribution is 2.27. The molecule has 0 aliphatic carbocycles. The molecule has 1 aliphatic heterocycles. The predicted molar refractivity (Wildman–Crippen MR) is 79.7 cm³/mol. The monoisotopic (exact) mass is 276 g/mol. The maximum Gasteiger partial charge on any atom is 0.229 e. The fraction of sp³-hybridized carbons (Fsp3) is 0.562. The van der Waals surface area contributed by atoms with Crippen LogP contribution in [0.15, 0.2) is 24.3 Å². The van der Waals surface area contributed by atoms with E-state index in [4.69, 9.17) is 10.5 Å². The molecule has 0 bridgehead atoms. The van der Waals surface area contributed by atoms with E-state index in [1.54, 1.807) is 0 Å². The average Bonchev–Trinajstić information content (AvgIpc) is 2.50. The first-order chi connectivity index (χ1) is 9.76. The third-order valence-electron chi connectivity index (χ3n) is 3.67. The minimum absolute atomic E-state index is 0.0609. The van der Waals surface area contributed by atoms with Gasteiger partial charge in [-0.1, -0.05) is 25.1 Å². The Morgan fingerprint density at radius 1 is 1.40 bits per heavy atom. The molecule has 1 aromatic rings. The van der Waals surface area contributed by atoms with E-state index in [1.807, 2.05) is 29.2 Å². The highest BCUT2D eigenvalue weighted by atomic mass is 16.5. The number of fused-ring (bicyclic) bond motifs is 1. The Bertz CT molecular complexity index is 448. The minimum atomic E-state index is -0.0609. The van der Waals surface area contributed by atoms with Crippen LogP contribution in [0.1, 0.15) is 25.3 Å². The van der Waals surface area contributed by atoms with Crippen LogP contribution in [0.5, 0.6) is 5.75 Å². The van der Waals surface area contributed by atoms with Gasteiger partial charge in [0.15, 0.2) is 0 Å². The van der Waals surface area contributed by atoms with Gasteiger partial charge in [0.1, 0.15) is 12.4 Å². The van der Waals surface area contributed by atoms with Gasteiger partial charge in [-0.2, -0.15) is 0 Å². The van der Waals surface area contributed by atoms with Crippen LogP contribution in [0, 0.1) is 5.92 Å². The Morgan fingerprint density at radius 3 is 2.95 bits per heavy atom. The van der Waals surface area contributed by atoms with E-state index in [9.17, 15) is 4.79 Å². The van der Waals surface area contributed by atoms with Gasteiger partial charge in [0.25, 0.3) is 0 Å². The minimum Gasteiger partial charge on any atom is -0.492 e. The maximum absolute atomic E-state index is 12.6. The molecule has 1 aromatic carbocycles. The summed E-state index contributed by atoms with van der Waals surface area (Å²) in [4.78, 5) is 14.5. The number of carbonyl (C=O) groups is 1. The largest absolute Gasteiger partial charge is 0.492 e. The number of para-hydroxylation sites is 1. The van der Waals surface area contributed by atoms with Crippen molar-refractivity contribution in [3.63, 3.8) is 0 Å². The molecular weight excluding hydrogens is 252 g/mol. The zero-order valence-electron chi connectivity index (χ0n) is 12.2. The molecule has 0 spiro atoms. The second kappa shape index (κ2) is 7.29. The van der Waals surface area contributed by atoms with E-state index in [0.29, 0.717) is 13.2 Å². The number of benzene rings is 1. The Hall–Kier alpha value is -1.55.